The van der Waals surface area contributed by atoms with E-state index in [0.717, 1.165) is 22.0 Å². The van der Waals surface area contributed by atoms with E-state index in [9.17, 15) is 9.59 Å². The zero-order chi connectivity index (χ0) is 24.4. The van der Waals surface area contributed by atoms with Crippen molar-refractivity contribution in [3.63, 3.8) is 0 Å². The molecule has 0 aromatic heterocycles. The van der Waals surface area contributed by atoms with Gasteiger partial charge in [0.05, 0.1) is 23.4 Å². The van der Waals surface area contributed by atoms with Crippen LogP contribution in [-0.4, -0.2) is 32.8 Å². The van der Waals surface area contributed by atoms with Gasteiger partial charge in [0.25, 0.3) is 0 Å². The van der Waals surface area contributed by atoms with Crippen molar-refractivity contribution in [1.82, 2.24) is 0 Å². The van der Waals surface area contributed by atoms with E-state index < -0.39 is 11.9 Å². The number of rotatable bonds is 6. The number of fused-ring (bicyclic) bond motifs is 1. The van der Waals surface area contributed by atoms with Crippen molar-refractivity contribution in [2.45, 2.75) is 51.4 Å². The normalized spacial score (nSPS) is 16.5. The number of ether oxygens (including phenoxy) is 3. The predicted molar refractivity (Wildman–Crippen MR) is 138 cm³/mol. The zero-order valence-electron chi connectivity index (χ0n) is 20.1. The fourth-order valence-electron chi connectivity index (χ4n) is 4.21. The van der Waals surface area contributed by atoms with Gasteiger partial charge in [-0.1, -0.05) is 45.9 Å². The predicted octanol–water partition coefficient (Wildman–Crippen LogP) is 6.06. The SMILES string of the molecule is COC(=O)C=C(COc1cc(C(=O)OC)ccc1I)c1ccc2c(c1)C(C)(C)CCC2(C)C. The molecule has 0 saturated heterocycles. The molecular formula is C27H31IO5. The van der Waals surface area contributed by atoms with Crippen LogP contribution in [0.25, 0.3) is 5.57 Å². The van der Waals surface area contributed by atoms with Crippen LogP contribution in [0.3, 0.4) is 0 Å². The molecule has 3 rings (SSSR count). The molecule has 0 saturated carbocycles. The number of hydrogen-bond acceptors (Lipinski definition) is 5. The van der Waals surface area contributed by atoms with Gasteiger partial charge in [-0.05, 0) is 81.2 Å². The number of carbonyl (C=O) groups is 2. The number of esters is 2. The molecule has 2 aromatic carbocycles. The summed E-state index contributed by atoms with van der Waals surface area (Å²) in [6.07, 6.45) is 3.70. The summed E-state index contributed by atoms with van der Waals surface area (Å²) in [5, 5.41) is 0. The van der Waals surface area contributed by atoms with Crippen molar-refractivity contribution in [3.8, 4) is 5.75 Å². The first-order valence-electron chi connectivity index (χ1n) is 10.9. The average Bonchev–Trinajstić information content (AvgIpc) is 2.79. The van der Waals surface area contributed by atoms with Gasteiger partial charge in [-0.2, -0.15) is 0 Å². The Bertz CT molecular complexity index is 1100. The van der Waals surface area contributed by atoms with Gasteiger partial charge in [0.15, 0.2) is 0 Å². The van der Waals surface area contributed by atoms with Crippen LogP contribution < -0.4 is 4.74 Å². The second kappa shape index (κ2) is 9.87. The van der Waals surface area contributed by atoms with Gasteiger partial charge in [0, 0.05) is 11.6 Å². The summed E-state index contributed by atoms with van der Waals surface area (Å²) >= 11 is 2.16. The van der Waals surface area contributed by atoms with E-state index in [1.165, 1.54) is 31.4 Å². The summed E-state index contributed by atoms with van der Waals surface area (Å²) in [6, 6.07) is 11.6. The molecule has 0 N–H and O–H groups in total. The van der Waals surface area contributed by atoms with E-state index in [1.54, 1.807) is 18.2 Å². The van der Waals surface area contributed by atoms with Crippen molar-refractivity contribution in [1.29, 1.82) is 0 Å². The molecule has 33 heavy (non-hydrogen) atoms. The Kier molecular flexibility index (Phi) is 7.56. The summed E-state index contributed by atoms with van der Waals surface area (Å²) in [5.74, 6) is -0.321. The second-order valence-corrected chi connectivity index (χ2v) is 10.8. The van der Waals surface area contributed by atoms with E-state index >= 15 is 0 Å². The lowest BCUT2D eigenvalue weighted by Gasteiger charge is -2.42. The third-order valence-corrected chi connectivity index (χ3v) is 7.34. The highest BCUT2D eigenvalue weighted by Gasteiger charge is 2.37. The molecule has 0 unspecified atom stereocenters. The largest absolute Gasteiger partial charge is 0.488 e. The molecule has 0 atom stereocenters. The van der Waals surface area contributed by atoms with Gasteiger partial charge in [0.1, 0.15) is 12.4 Å². The van der Waals surface area contributed by atoms with E-state index in [4.69, 9.17) is 14.2 Å². The number of carbonyl (C=O) groups excluding carboxylic acids is 2. The summed E-state index contributed by atoms with van der Waals surface area (Å²) in [4.78, 5) is 24.1. The van der Waals surface area contributed by atoms with Crippen LogP contribution in [0.4, 0.5) is 0 Å². The topological polar surface area (TPSA) is 61.8 Å². The Morgan fingerprint density at radius 1 is 0.909 bits per heavy atom. The van der Waals surface area contributed by atoms with Gasteiger partial charge in [-0.3, -0.25) is 0 Å². The fourth-order valence-corrected chi connectivity index (χ4v) is 4.70. The van der Waals surface area contributed by atoms with Crippen molar-refractivity contribution in [2.75, 3.05) is 20.8 Å². The first-order valence-corrected chi connectivity index (χ1v) is 12.0. The molecule has 176 valence electrons. The van der Waals surface area contributed by atoms with Gasteiger partial charge in [-0.15, -0.1) is 0 Å². The van der Waals surface area contributed by atoms with Crippen molar-refractivity contribution in [3.05, 3.63) is 68.3 Å². The van der Waals surface area contributed by atoms with Crippen LogP contribution in [0.15, 0.2) is 42.5 Å². The lowest BCUT2D eigenvalue weighted by Crippen LogP contribution is -2.33. The molecular weight excluding hydrogens is 531 g/mol. The Balaban J connectivity index is 1.98. The molecule has 0 fully saturated rings. The number of methoxy groups -OCH3 is 2. The van der Waals surface area contributed by atoms with Gasteiger partial charge >= 0.3 is 11.9 Å². The van der Waals surface area contributed by atoms with Crippen LogP contribution in [0.1, 0.15) is 67.6 Å². The maximum atomic E-state index is 12.2. The quantitative estimate of drug-likeness (QED) is 0.243. The third kappa shape index (κ3) is 5.60. The molecule has 0 bridgehead atoms. The van der Waals surface area contributed by atoms with Gasteiger partial charge in [0.2, 0.25) is 0 Å². The minimum absolute atomic E-state index is 0.0440. The molecule has 5 nitrogen and oxygen atoms in total. The third-order valence-electron chi connectivity index (χ3n) is 6.45. The molecule has 0 heterocycles. The fraction of sp³-hybridized carbons (Fsp3) is 0.407. The Morgan fingerprint density at radius 3 is 2.18 bits per heavy atom. The Hall–Kier alpha value is -2.35. The minimum Gasteiger partial charge on any atom is -0.488 e. The molecule has 1 aliphatic carbocycles. The first-order chi connectivity index (χ1) is 15.5. The van der Waals surface area contributed by atoms with Crippen LogP contribution in [0.2, 0.25) is 0 Å². The lowest BCUT2D eigenvalue weighted by molar-refractivity contribution is -0.134. The molecule has 1 aliphatic rings. The summed E-state index contributed by atoms with van der Waals surface area (Å²) in [7, 11) is 2.70. The van der Waals surface area contributed by atoms with Crippen molar-refractivity contribution < 1.29 is 23.8 Å². The molecule has 0 radical (unpaired) electrons. The second-order valence-electron chi connectivity index (χ2n) is 9.65. The van der Waals surface area contributed by atoms with Crippen LogP contribution >= 0.6 is 22.6 Å². The number of benzene rings is 2. The highest BCUT2D eigenvalue weighted by atomic mass is 127. The summed E-state index contributed by atoms with van der Waals surface area (Å²) < 4.78 is 16.6. The van der Waals surface area contributed by atoms with Crippen LogP contribution in [0, 0.1) is 3.57 Å². The summed E-state index contributed by atoms with van der Waals surface area (Å²) in [5.41, 5.74) is 4.84. The maximum Gasteiger partial charge on any atom is 0.337 e. The highest BCUT2D eigenvalue weighted by molar-refractivity contribution is 14.1. The zero-order valence-corrected chi connectivity index (χ0v) is 22.2. The molecule has 0 spiro atoms. The van der Waals surface area contributed by atoms with Crippen LogP contribution in [-0.2, 0) is 25.1 Å². The van der Waals surface area contributed by atoms with Crippen molar-refractivity contribution >= 4 is 40.1 Å². The van der Waals surface area contributed by atoms with E-state index in [2.05, 4.69) is 68.5 Å². The minimum atomic E-state index is -0.441. The smallest absolute Gasteiger partial charge is 0.337 e. The van der Waals surface area contributed by atoms with Gasteiger partial charge in [-0.25, -0.2) is 9.59 Å². The highest BCUT2D eigenvalue weighted by Crippen LogP contribution is 2.46. The van der Waals surface area contributed by atoms with Crippen LogP contribution in [0.5, 0.6) is 5.75 Å². The number of hydrogen-bond donors (Lipinski definition) is 0. The molecule has 0 aliphatic heterocycles. The van der Waals surface area contributed by atoms with E-state index in [1.807, 2.05) is 0 Å². The maximum absolute atomic E-state index is 12.2. The van der Waals surface area contributed by atoms with E-state index in [-0.39, 0.29) is 17.4 Å². The number of halogens is 1. The van der Waals surface area contributed by atoms with Crippen molar-refractivity contribution in [2.24, 2.45) is 0 Å². The average molecular weight is 562 g/mol. The molecule has 6 heteroatoms. The molecule has 2 aromatic rings. The lowest BCUT2D eigenvalue weighted by atomic mass is 9.63. The Labute approximate surface area is 209 Å². The summed E-state index contributed by atoms with van der Waals surface area (Å²) in [6.45, 7) is 9.26. The Morgan fingerprint density at radius 2 is 1.55 bits per heavy atom. The standard InChI is InChI=1S/C27H31IO5/c1-26(2)11-12-27(3,4)21-13-17(7-9-20(21)26)19(15-24(29)31-5)16-33-23-14-18(25(30)32-6)8-10-22(23)28/h7-10,13-15H,11-12,16H2,1-6H3. The monoisotopic (exact) mass is 562 g/mol. The van der Waals surface area contributed by atoms with E-state index in [0.29, 0.717) is 16.9 Å². The molecule has 0 amide bonds. The first kappa shape index (κ1) is 25.3. The van der Waals surface area contributed by atoms with Gasteiger partial charge < -0.3 is 14.2 Å².